The lowest BCUT2D eigenvalue weighted by atomic mass is 10.2. The van der Waals surface area contributed by atoms with E-state index < -0.39 is 17.3 Å². The van der Waals surface area contributed by atoms with Gasteiger partial charge in [-0.15, -0.1) is 0 Å². The number of hydrogen-bond acceptors (Lipinski definition) is 3. The fourth-order valence-electron chi connectivity index (χ4n) is 3.45. The van der Waals surface area contributed by atoms with E-state index in [0.717, 1.165) is 0 Å². The molecule has 5 nitrogen and oxygen atoms in total. The van der Waals surface area contributed by atoms with Gasteiger partial charge in [0, 0.05) is 28.0 Å². The summed E-state index contributed by atoms with van der Waals surface area (Å²) >= 11 is 19.0. The van der Waals surface area contributed by atoms with Crippen molar-refractivity contribution in [1.29, 1.82) is 0 Å². The topological polar surface area (TPSA) is 75.3 Å². The number of halogens is 3. The fourth-order valence-corrected chi connectivity index (χ4v) is 7.52. The van der Waals surface area contributed by atoms with E-state index in [1.807, 2.05) is 36.4 Å². The summed E-state index contributed by atoms with van der Waals surface area (Å²) in [6.45, 7) is 0. The van der Waals surface area contributed by atoms with E-state index in [1.165, 1.54) is 23.8 Å². The molecule has 1 unspecified atom stereocenters. The molecule has 0 heterocycles. The molecule has 0 aliphatic heterocycles. The molecule has 0 fully saturated rings. The average molecular weight is 604 g/mol. The number of benzene rings is 4. The van der Waals surface area contributed by atoms with Gasteiger partial charge >= 0.3 is 0 Å². The second kappa shape index (κ2) is 12.2. The molecule has 4 rings (SSSR count). The van der Waals surface area contributed by atoms with Gasteiger partial charge < -0.3 is 5.09 Å². The van der Waals surface area contributed by atoms with Crippen LogP contribution in [0.25, 0.3) is 10.1 Å². The third-order valence-corrected chi connectivity index (χ3v) is 9.74. The highest BCUT2D eigenvalue weighted by Gasteiger charge is 2.21. The molecular formula is C28H22Cl3N2O3PS. The van der Waals surface area contributed by atoms with Crippen LogP contribution in [0.4, 0.5) is 11.4 Å². The van der Waals surface area contributed by atoms with E-state index in [9.17, 15) is 13.0 Å². The van der Waals surface area contributed by atoms with E-state index >= 15 is 0 Å². The number of hydrogen-bond donors (Lipinski definition) is 2. The lowest BCUT2D eigenvalue weighted by Crippen LogP contribution is -2.13. The molecule has 0 spiro atoms. The summed E-state index contributed by atoms with van der Waals surface area (Å²) in [6.07, 6.45) is 0. The molecule has 0 amide bonds. The van der Waals surface area contributed by atoms with Crippen LogP contribution in [0, 0.1) is 0 Å². The van der Waals surface area contributed by atoms with E-state index in [2.05, 4.69) is 9.81 Å². The summed E-state index contributed by atoms with van der Waals surface area (Å²) in [4.78, 5) is -0.0275. The van der Waals surface area contributed by atoms with Crippen LogP contribution in [0.5, 0.6) is 0 Å². The van der Waals surface area contributed by atoms with E-state index in [-0.39, 0.29) is 15.0 Å². The first-order chi connectivity index (χ1) is 18.1. The summed E-state index contributed by atoms with van der Waals surface area (Å²) in [7, 11) is -7.54. The van der Waals surface area contributed by atoms with Gasteiger partial charge in [-0.05, 0) is 53.6 Å². The highest BCUT2D eigenvalue weighted by molar-refractivity contribution is 7.92. The van der Waals surface area contributed by atoms with Gasteiger partial charge in [0.15, 0.2) is 0 Å². The second-order valence-corrected chi connectivity index (χ2v) is 13.2. The third-order valence-electron chi connectivity index (χ3n) is 5.25. The highest BCUT2D eigenvalue weighted by atomic mass is 35.5. The van der Waals surface area contributed by atoms with E-state index in [4.69, 9.17) is 34.8 Å². The predicted octanol–water partition coefficient (Wildman–Crippen LogP) is 9.31. The Morgan fingerprint density at radius 1 is 0.684 bits per heavy atom. The van der Waals surface area contributed by atoms with Crippen LogP contribution in [0.2, 0.25) is 5.02 Å². The summed E-state index contributed by atoms with van der Waals surface area (Å²) in [5.41, 5.74) is 2.00. The summed E-state index contributed by atoms with van der Waals surface area (Å²) in [6, 6.07) is 30.4. The first kappa shape index (κ1) is 28.0. The van der Waals surface area contributed by atoms with Crippen molar-refractivity contribution in [2.24, 2.45) is 0 Å². The molecule has 4 aromatic rings. The normalized spacial score (nSPS) is 14.0. The molecule has 10 heteroatoms. The van der Waals surface area contributed by atoms with Gasteiger partial charge in [0.05, 0.1) is 15.0 Å². The minimum atomic E-state index is -3.94. The minimum absolute atomic E-state index is 0.0275. The maximum Gasteiger partial charge on any atom is 0.261 e. The van der Waals surface area contributed by atoms with Crippen LogP contribution in [-0.2, 0) is 14.6 Å². The second-order valence-electron chi connectivity index (χ2n) is 8.15. The highest BCUT2D eigenvalue weighted by Crippen LogP contribution is 2.53. The van der Waals surface area contributed by atoms with Crippen LogP contribution in [0.15, 0.2) is 126 Å². The van der Waals surface area contributed by atoms with Crippen molar-refractivity contribution >= 4 is 73.6 Å². The molecular weight excluding hydrogens is 582 g/mol. The van der Waals surface area contributed by atoms with Crippen LogP contribution >= 0.6 is 42.1 Å². The monoisotopic (exact) mass is 602 g/mol. The number of rotatable bonds is 9. The SMILES string of the molecule is O=P(/C=C(\Cl)c1ccccc1)(/C=C(/Cl)c1ccccc1)Nc1cccc(S(=O)(=O)Nc2ccc(Cl)cc2)c1. The van der Waals surface area contributed by atoms with Gasteiger partial charge in [-0.3, -0.25) is 9.29 Å². The lowest BCUT2D eigenvalue weighted by molar-refractivity contribution is 0.589. The van der Waals surface area contributed by atoms with Crippen LogP contribution in [-0.4, -0.2) is 8.42 Å². The Hall–Kier alpha value is -2.99. The summed E-state index contributed by atoms with van der Waals surface area (Å²) < 4.78 is 42.8. The maximum atomic E-state index is 14.2. The molecule has 38 heavy (non-hydrogen) atoms. The Balaban J connectivity index is 1.70. The lowest BCUT2D eigenvalue weighted by Gasteiger charge is -2.17. The molecule has 0 saturated heterocycles. The first-order valence-electron chi connectivity index (χ1n) is 11.3. The molecule has 0 saturated carbocycles. The molecule has 0 aromatic heterocycles. The Kier molecular flexibility index (Phi) is 9.03. The van der Waals surface area contributed by atoms with Crippen molar-refractivity contribution in [2.75, 3.05) is 9.81 Å². The maximum absolute atomic E-state index is 14.2. The van der Waals surface area contributed by atoms with Gasteiger partial charge in [0.1, 0.15) is 0 Å². The zero-order chi connectivity index (χ0) is 27.2. The van der Waals surface area contributed by atoms with Gasteiger partial charge in [0.25, 0.3) is 10.0 Å². The molecule has 0 aliphatic carbocycles. The third kappa shape index (κ3) is 7.53. The summed E-state index contributed by atoms with van der Waals surface area (Å²) in [5, 5.41) is 3.96. The van der Waals surface area contributed by atoms with Crippen molar-refractivity contribution in [1.82, 2.24) is 0 Å². The van der Waals surface area contributed by atoms with Gasteiger partial charge in [0.2, 0.25) is 7.29 Å². The molecule has 0 radical (unpaired) electrons. The number of anilines is 2. The van der Waals surface area contributed by atoms with Crippen molar-refractivity contribution in [2.45, 2.75) is 4.90 Å². The van der Waals surface area contributed by atoms with Crippen molar-refractivity contribution < 1.29 is 13.0 Å². The van der Waals surface area contributed by atoms with Crippen LogP contribution in [0.1, 0.15) is 11.1 Å². The standard InChI is InChI=1S/C28H22Cl3N2O3PS/c29-23-14-16-24(17-15-23)33-38(35,36)26-13-7-12-25(18-26)32-37(34,19-27(30)21-8-3-1-4-9-21)20-28(31)22-10-5-2-6-11-22/h1-20,33H,(H,32,34)/b27-19-,28-20+. The Labute approximate surface area is 237 Å². The largest absolute Gasteiger partial charge is 0.330 e. The minimum Gasteiger partial charge on any atom is -0.330 e. The average Bonchev–Trinajstić information content (AvgIpc) is 2.91. The zero-order valence-corrected chi connectivity index (χ0v) is 23.7. The fraction of sp³-hybridized carbons (Fsp3) is 0. The van der Waals surface area contributed by atoms with Crippen LogP contribution < -0.4 is 9.81 Å². The smallest absolute Gasteiger partial charge is 0.261 e. The molecule has 2 N–H and O–H groups in total. The molecule has 4 aromatic carbocycles. The van der Waals surface area contributed by atoms with Crippen molar-refractivity contribution in [3.05, 3.63) is 137 Å². The Morgan fingerprint density at radius 3 is 1.74 bits per heavy atom. The molecule has 1 atom stereocenters. The number of sulfonamides is 1. The Bertz CT molecular complexity index is 1570. The quantitative estimate of drug-likeness (QED) is 0.187. The first-order valence-corrected chi connectivity index (χ1v) is 15.7. The molecule has 0 aliphatic rings. The van der Waals surface area contributed by atoms with Gasteiger partial charge in [-0.25, -0.2) is 8.42 Å². The molecule has 0 bridgehead atoms. The van der Waals surface area contributed by atoms with Gasteiger partial charge in [-0.2, -0.15) is 0 Å². The van der Waals surface area contributed by atoms with Crippen LogP contribution in [0.3, 0.4) is 0 Å². The predicted molar refractivity (Wildman–Crippen MR) is 160 cm³/mol. The van der Waals surface area contributed by atoms with E-state index in [0.29, 0.717) is 27.5 Å². The number of nitrogens with one attached hydrogen (secondary N) is 2. The summed E-state index contributed by atoms with van der Waals surface area (Å²) in [5.74, 6) is 2.81. The Morgan fingerprint density at radius 2 is 1.21 bits per heavy atom. The van der Waals surface area contributed by atoms with Crippen molar-refractivity contribution in [3.8, 4) is 0 Å². The van der Waals surface area contributed by atoms with Crippen molar-refractivity contribution in [3.63, 3.8) is 0 Å². The molecule has 194 valence electrons. The van der Waals surface area contributed by atoms with E-state index in [1.54, 1.807) is 60.7 Å². The zero-order valence-electron chi connectivity index (χ0n) is 19.8. The van der Waals surface area contributed by atoms with Gasteiger partial charge in [-0.1, -0.05) is 102 Å².